The van der Waals surface area contributed by atoms with E-state index in [0.29, 0.717) is 12.8 Å². The van der Waals surface area contributed by atoms with Crippen LogP contribution in [0.5, 0.6) is 0 Å². The van der Waals surface area contributed by atoms with Crippen molar-refractivity contribution >= 4 is 47.4 Å². The van der Waals surface area contributed by atoms with E-state index in [2.05, 4.69) is 134 Å². The van der Waals surface area contributed by atoms with E-state index in [1.807, 2.05) is 6.08 Å². The van der Waals surface area contributed by atoms with Gasteiger partial charge in [0.25, 0.3) is 0 Å². The third-order valence-corrected chi connectivity index (χ3v) is 22.0. The van der Waals surface area contributed by atoms with Crippen molar-refractivity contribution in [2.45, 2.75) is 192 Å². The van der Waals surface area contributed by atoms with Crippen LogP contribution in [0.3, 0.4) is 0 Å². The van der Waals surface area contributed by atoms with Gasteiger partial charge in [0.1, 0.15) is 11.7 Å². The van der Waals surface area contributed by atoms with E-state index >= 15 is 4.79 Å². The molecule has 2 rings (SSSR count). The van der Waals surface area contributed by atoms with Crippen LogP contribution in [0, 0.1) is 5.92 Å². The minimum Gasteiger partial charge on any atom is -0.412 e. The molecule has 0 aromatic rings. The standard InChI is InChI=1S/C34H72O6Si5/c1-21-25-33(39-42(11,12)13)30(38-45(19,20)32(5,6)7)29(37-44(17,18)31(2,3)4)28(36-41(8,9)10)26-23-22-24-27(35)34(26,33)40-43(14,15)16/h22,24,26,28-30H,21,23,25H2,1-20H3/t26-,28+,29-,30+,33+,34-/m1/s1. The van der Waals surface area contributed by atoms with Gasteiger partial charge in [-0.1, -0.05) is 61.0 Å². The molecule has 6 atom stereocenters. The second kappa shape index (κ2) is 13.2. The molecule has 0 aromatic heterocycles. The molecule has 0 saturated heterocycles. The Kier molecular flexibility index (Phi) is 12.2. The Bertz CT molecular complexity index is 1070. The second-order valence-electron chi connectivity index (χ2n) is 19.7. The molecule has 6 nitrogen and oxygen atoms in total. The van der Waals surface area contributed by atoms with E-state index in [1.54, 1.807) is 6.08 Å². The summed E-state index contributed by atoms with van der Waals surface area (Å²) in [6.07, 6.45) is 4.66. The zero-order valence-corrected chi connectivity index (χ0v) is 38.0. The fourth-order valence-corrected chi connectivity index (χ4v) is 13.1. The predicted octanol–water partition coefficient (Wildman–Crippen LogP) is 10.1. The Balaban J connectivity index is 3.27. The molecule has 0 spiro atoms. The van der Waals surface area contributed by atoms with E-state index in [-0.39, 0.29) is 27.9 Å². The van der Waals surface area contributed by atoms with Gasteiger partial charge in [-0.05, 0) is 114 Å². The molecule has 0 amide bonds. The summed E-state index contributed by atoms with van der Waals surface area (Å²) in [5, 5.41) is -0.0994. The van der Waals surface area contributed by atoms with Gasteiger partial charge in [0.15, 0.2) is 53.0 Å². The lowest BCUT2D eigenvalue weighted by Crippen LogP contribution is -2.84. The first kappa shape index (κ1) is 41.5. The van der Waals surface area contributed by atoms with Crippen LogP contribution in [0.2, 0.25) is 95.2 Å². The van der Waals surface area contributed by atoms with E-state index in [1.165, 1.54) is 0 Å². The summed E-state index contributed by atoms with van der Waals surface area (Å²) in [5.41, 5.74) is -2.28. The first-order chi connectivity index (χ1) is 19.8. The minimum atomic E-state index is -2.45. The normalized spacial score (nSPS) is 30.9. The highest BCUT2D eigenvalue weighted by Crippen LogP contribution is 2.59. The molecule has 0 bridgehead atoms. The smallest absolute Gasteiger partial charge is 0.192 e. The zero-order valence-electron chi connectivity index (χ0n) is 33.0. The zero-order chi connectivity index (χ0) is 35.5. The van der Waals surface area contributed by atoms with Crippen molar-refractivity contribution in [3.05, 3.63) is 12.2 Å². The molecule has 0 N–H and O–H groups in total. The molecule has 2 aliphatic carbocycles. The quantitative estimate of drug-likeness (QED) is 0.187. The van der Waals surface area contributed by atoms with Crippen molar-refractivity contribution < 1.29 is 26.9 Å². The fraction of sp³-hybridized carbons (Fsp3) is 0.912. The maximum Gasteiger partial charge on any atom is 0.192 e. The number of ketones is 1. The second-order valence-corrected chi connectivity index (χ2v) is 42.6. The molecular formula is C34H72O6Si5. The SMILES string of the molecule is CCC[C@]1(O[Si](C)(C)C)[C@@H](O[Si](C)(C)C(C)(C)C)[C@H](O[Si](C)(C)C(C)(C)C)[C@@H](O[Si](C)(C)C)[C@H]2CC=CC(=O)[C@]21O[Si](C)(C)C. The van der Waals surface area contributed by atoms with Gasteiger partial charge >= 0.3 is 0 Å². The Labute approximate surface area is 283 Å². The number of rotatable bonds is 12. The minimum absolute atomic E-state index is 0.00617. The molecular weight excluding hydrogens is 645 g/mol. The third kappa shape index (κ3) is 8.91. The lowest BCUT2D eigenvalue weighted by Gasteiger charge is -2.67. The topological polar surface area (TPSA) is 63.2 Å². The Hall–Kier alpha value is 0.294. The molecule has 11 heteroatoms. The molecule has 0 radical (unpaired) electrons. The van der Waals surface area contributed by atoms with Gasteiger partial charge < -0.3 is 22.1 Å². The number of carbonyl (C=O) groups excluding carboxylic acids is 1. The first-order valence-corrected chi connectivity index (χ1v) is 33.5. The number of carbonyl (C=O) groups is 1. The molecule has 264 valence electrons. The van der Waals surface area contributed by atoms with Gasteiger partial charge in [-0.25, -0.2) is 0 Å². The number of fused-ring (bicyclic) bond motifs is 1. The van der Waals surface area contributed by atoms with E-state index in [0.717, 1.165) is 6.42 Å². The molecule has 0 unspecified atom stereocenters. The predicted molar refractivity (Wildman–Crippen MR) is 204 cm³/mol. The van der Waals surface area contributed by atoms with Crippen LogP contribution in [0.25, 0.3) is 0 Å². The van der Waals surface area contributed by atoms with Gasteiger partial charge in [-0.3, -0.25) is 4.79 Å². The summed E-state index contributed by atoms with van der Waals surface area (Å²) in [5.74, 6) is -0.253. The van der Waals surface area contributed by atoms with Crippen molar-refractivity contribution in [2.75, 3.05) is 0 Å². The average Bonchev–Trinajstić information content (AvgIpc) is 2.76. The lowest BCUT2D eigenvalue weighted by molar-refractivity contribution is -0.268. The summed E-state index contributed by atoms with van der Waals surface area (Å²) < 4.78 is 37.8. The average molecular weight is 717 g/mol. The van der Waals surface area contributed by atoms with Gasteiger partial charge in [0, 0.05) is 5.92 Å². The van der Waals surface area contributed by atoms with Crippen LogP contribution in [0.1, 0.15) is 67.7 Å². The number of allylic oxidation sites excluding steroid dienone is 1. The van der Waals surface area contributed by atoms with Crippen LogP contribution < -0.4 is 0 Å². The third-order valence-electron chi connectivity index (χ3n) is 10.2. The summed E-state index contributed by atoms with van der Waals surface area (Å²) in [7, 11) is -11.6. The molecule has 2 aliphatic rings. The molecule has 45 heavy (non-hydrogen) atoms. The van der Waals surface area contributed by atoms with Crippen molar-refractivity contribution in [1.29, 1.82) is 0 Å². The van der Waals surface area contributed by atoms with E-state index in [4.69, 9.17) is 22.1 Å². The Morgan fingerprint density at radius 2 is 1.16 bits per heavy atom. The van der Waals surface area contributed by atoms with Crippen LogP contribution in [0.15, 0.2) is 12.2 Å². The highest BCUT2D eigenvalue weighted by Gasteiger charge is 2.75. The summed E-state index contributed by atoms with van der Waals surface area (Å²) in [4.78, 5) is 15.0. The first-order valence-electron chi connectivity index (χ1n) is 17.4. The number of hydrogen-bond acceptors (Lipinski definition) is 6. The van der Waals surface area contributed by atoms with Crippen LogP contribution in [-0.4, -0.2) is 76.9 Å². The van der Waals surface area contributed by atoms with Crippen molar-refractivity contribution in [1.82, 2.24) is 0 Å². The van der Waals surface area contributed by atoms with Crippen molar-refractivity contribution in [3.63, 3.8) is 0 Å². The fourth-order valence-electron chi connectivity index (χ4n) is 6.55. The molecule has 0 aromatic carbocycles. The van der Waals surface area contributed by atoms with Crippen LogP contribution in [0.4, 0.5) is 0 Å². The van der Waals surface area contributed by atoms with E-state index < -0.39 is 65.0 Å². The Morgan fingerprint density at radius 3 is 1.56 bits per heavy atom. The van der Waals surface area contributed by atoms with E-state index in [9.17, 15) is 0 Å². The van der Waals surface area contributed by atoms with Crippen molar-refractivity contribution in [3.8, 4) is 0 Å². The maximum atomic E-state index is 15.0. The molecule has 1 fully saturated rings. The van der Waals surface area contributed by atoms with Gasteiger partial charge in [-0.2, -0.15) is 0 Å². The number of hydrogen-bond donors (Lipinski definition) is 0. The largest absolute Gasteiger partial charge is 0.412 e. The van der Waals surface area contributed by atoms with Crippen LogP contribution >= 0.6 is 0 Å². The van der Waals surface area contributed by atoms with Crippen molar-refractivity contribution in [2.24, 2.45) is 5.92 Å². The molecule has 0 heterocycles. The van der Waals surface area contributed by atoms with Gasteiger partial charge in [-0.15, -0.1) is 0 Å². The van der Waals surface area contributed by atoms with Gasteiger partial charge in [0.2, 0.25) is 0 Å². The molecule has 1 saturated carbocycles. The summed E-state index contributed by atoms with van der Waals surface area (Å²) in [6.45, 7) is 45.3. The summed E-state index contributed by atoms with van der Waals surface area (Å²) in [6, 6.07) is 0. The molecule has 0 aliphatic heterocycles. The summed E-state index contributed by atoms with van der Waals surface area (Å²) >= 11 is 0. The highest BCUT2D eigenvalue weighted by atomic mass is 28.4. The van der Waals surface area contributed by atoms with Crippen LogP contribution in [-0.2, 0) is 26.9 Å². The Morgan fingerprint density at radius 1 is 0.689 bits per heavy atom. The van der Waals surface area contributed by atoms with Gasteiger partial charge in [0.05, 0.1) is 12.2 Å². The highest BCUT2D eigenvalue weighted by molar-refractivity contribution is 6.75. The lowest BCUT2D eigenvalue weighted by atomic mass is 9.56. The monoisotopic (exact) mass is 716 g/mol. The maximum absolute atomic E-state index is 15.0.